The second-order valence-electron chi connectivity index (χ2n) is 5.02. The Morgan fingerprint density at radius 2 is 2.37 bits per heavy atom. The molecule has 2 rings (SSSR count). The number of halogens is 1. The molecule has 5 nitrogen and oxygen atoms in total. The van der Waals surface area contributed by atoms with Crippen LogP contribution < -0.4 is 10.9 Å². The Kier molecular flexibility index (Phi) is 4.99. The lowest BCUT2D eigenvalue weighted by atomic mass is 10.1. The summed E-state index contributed by atoms with van der Waals surface area (Å²) in [5, 5.41) is 16.8. The largest absolute Gasteiger partial charge is 0.396 e. The first kappa shape index (κ1) is 14.5. The van der Waals surface area contributed by atoms with Gasteiger partial charge in [0.25, 0.3) is 5.56 Å². The van der Waals surface area contributed by atoms with Gasteiger partial charge in [-0.2, -0.15) is 5.10 Å². The molecule has 0 bridgehead atoms. The van der Waals surface area contributed by atoms with E-state index in [1.54, 1.807) is 6.20 Å². The van der Waals surface area contributed by atoms with Crippen molar-refractivity contribution in [1.29, 1.82) is 0 Å². The highest BCUT2D eigenvalue weighted by atomic mass is 79.9. The molecule has 1 aromatic heterocycles. The van der Waals surface area contributed by atoms with E-state index in [1.807, 2.05) is 6.92 Å². The lowest BCUT2D eigenvalue weighted by Crippen LogP contribution is -2.29. The van der Waals surface area contributed by atoms with E-state index in [0.29, 0.717) is 11.0 Å². The van der Waals surface area contributed by atoms with Gasteiger partial charge in [-0.3, -0.25) is 4.79 Å². The number of anilines is 1. The number of aliphatic hydroxyl groups excluding tert-OH is 1. The fraction of sp³-hybridized carbons (Fsp3) is 0.692. The van der Waals surface area contributed by atoms with Crippen LogP contribution in [-0.2, 0) is 6.54 Å². The Morgan fingerprint density at radius 1 is 1.58 bits per heavy atom. The Morgan fingerprint density at radius 3 is 3.05 bits per heavy atom. The van der Waals surface area contributed by atoms with Crippen molar-refractivity contribution in [2.45, 2.75) is 45.2 Å². The molecule has 1 fully saturated rings. The molecule has 1 aliphatic rings. The summed E-state index contributed by atoms with van der Waals surface area (Å²) in [7, 11) is 0. The van der Waals surface area contributed by atoms with E-state index in [9.17, 15) is 9.90 Å². The summed E-state index contributed by atoms with van der Waals surface area (Å²) in [6, 6.07) is 0.226. The van der Waals surface area contributed by atoms with E-state index in [1.165, 1.54) is 4.68 Å². The third-order valence-corrected chi connectivity index (χ3v) is 4.42. The number of aromatic nitrogens is 2. The van der Waals surface area contributed by atoms with Crippen LogP contribution in [0.25, 0.3) is 0 Å². The minimum Gasteiger partial charge on any atom is -0.396 e. The number of hydrogen-bond acceptors (Lipinski definition) is 4. The maximum atomic E-state index is 12.1. The topological polar surface area (TPSA) is 67.2 Å². The fourth-order valence-electron chi connectivity index (χ4n) is 2.58. The smallest absolute Gasteiger partial charge is 0.283 e. The highest BCUT2D eigenvalue weighted by Crippen LogP contribution is 2.29. The van der Waals surface area contributed by atoms with Crippen molar-refractivity contribution in [1.82, 2.24) is 9.78 Å². The summed E-state index contributed by atoms with van der Waals surface area (Å²) in [6.07, 6.45) is 5.73. The van der Waals surface area contributed by atoms with Crippen molar-refractivity contribution < 1.29 is 5.11 Å². The van der Waals surface area contributed by atoms with Crippen LogP contribution in [0.5, 0.6) is 0 Å². The molecule has 2 unspecified atom stereocenters. The van der Waals surface area contributed by atoms with Gasteiger partial charge in [0.1, 0.15) is 4.47 Å². The maximum Gasteiger partial charge on any atom is 0.283 e. The highest BCUT2D eigenvalue weighted by molar-refractivity contribution is 9.10. The Hall–Kier alpha value is -0.880. The molecule has 1 aromatic rings. The highest BCUT2D eigenvalue weighted by Gasteiger charge is 2.27. The molecule has 0 radical (unpaired) electrons. The zero-order chi connectivity index (χ0) is 13.8. The first-order valence-electron chi connectivity index (χ1n) is 6.80. The van der Waals surface area contributed by atoms with E-state index < -0.39 is 0 Å². The fourth-order valence-corrected chi connectivity index (χ4v) is 3.00. The van der Waals surface area contributed by atoms with Gasteiger partial charge in [-0.05, 0) is 35.2 Å². The van der Waals surface area contributed by atoms with Crippen LogP contribution >= 0.6 is 15.9 Å². The third kappa shape index (κ3) is 3.17. The van der Waals surface area contributed by atoms with E-state index in [4.69, 9.17) is 0 Å². The molecular formula is C13H20BrN3O2. The molecule has 19 heavy (non-hydrogen) atoms. The predicted molar refractivity (Wildman–Crippen MR) is 78.3 cm³/mol. The van der Waals surface area contributed by atoms with Gasteiger partial charge in [-0.15, -0.1) is 0 Å². The van der Waals surface area contributed by atoms with Crippen LogP contribution in [0.4, 0.5) is 5.69 Å². The maximum absolute atomic E-state index is 12.1. The first-order valence-corrected chi connectivity index (χ1v) is 7.59. The molecule has 1 aliphatic carbocycles. The van der Waals surface area contributed by atoms with Gasteiger partial charge in [0.05, 0.1) is 11.9 Å². The lowest BCUT2D eigenvalue weighted by molar-refractivity contribution is 0.222. The van der Waals surface area contributed by atoms with Crippen molar-refractivity contribution in [2.75, 3.05) is 11.9 Å². The van der Waals surface area contributed by atoms with Crippen LogP contribution in [0.15, 0.2) is 15.5 Å². The van der Waals surface area contributed by atoms with Crippen molar-refractivity contribution in [3.8, 4) is 0 Å². The SMILES string of the molecule is CCCn1ncc(NC2CCCC2CO)c(Br)c1=O. The summed E-state index contributed by atoms with van der Waals surface area (Å²) < 4.78 is 1.99. The molecule has 1 heterocycles. The minimum absolute atomic E-state index is 0.106. The van der Waals surface area contributed by atoms with Crippen LogP contribution in [0, 0.1) is 5.92 Å². The van der Waals surface area contributed by atoms with Crippen LogP contribution in [-0.4, -0.2) is 27.5 Å². The van der Waals surface area contributed by atoms with Gasteiger partial charge < -0.3 is 10.4 Å². The zero-order valence-corrected chi connectivity index (χ0v) is 12.7. The summed E-state index contributed by atoms with van der Waals surface area (Å²) in [5.74, 6) is 0.268. The number of hydrogen-bond donors (Lipinski definition) is 2. The zero-order valence-electron chi connectivity index (χ0n) is 11.1. The molecule has 0 amide bonds. The molecule has 0 saturated heterocycles. The second kappa shape index (κ2) is 6.52. The molecule has 2 atom stereocenters. The Labute approximate surface area is 121 Å². The van der Waals surface area contributed by atoms with E-state index in [2.05, 4.69) is 26.3 Å². The summed E-state index contributed by atoms with van der Waals surface area (Å²) in [5.41, 5.74) is 0.619. The number of aryl methyl sites for hydroxylation is 1. The molecular weight excluding hydrogens is 310 g/mol. The molecule has 0 aromatic carbocycles. The molecule has 1 saturated carbocycles. The van der Waals surface area contributed by atoms with E-state index >= 15 is 0 Å². The van der Waals surface area contributed by atoms with Gasteiger partial charge in [0.15, 0.2) is 0 Å². The van der Waals surface area contributed by atoms with Gasteiger partial charge >= 0.3 is 0 Å². The molecule has 0 aliphatic heterocycles. The molecule has 6 heteroatoms. The predicted octanol–water partition coefficient (Wildman–Crippen LogP) is 1.99. The van der Waals surface area contributed by atoms with Crippen LogP contribution in [0.1, 0.15) is 32.6 Å². The summed E-state index contributed by atoms with van der Waals surface area (Å²) in [6.45, 7) is 2.83. The minimum atomic E-state index is -0.106. The standard InChI is InChI=1S/C13H20BrN3O2/c1-2-6-17-13(19)12(14)11(7-15-17)16-10-5-3-4-9(10)8-18/h7,9-10,16,18H,2-6,8H2,1H3. The van der Waals surface area contributed by atoms with Gasteiger partial charge in [-0.25, -0.2) is 4.68 Å². The van der Waals surface area contributed by atoms with Crippen molar-refractivity contribution in [2.24, 2.45) is 5.92 Å². The summed E-state index contributed by atoms with van der Waals surface area (Å²) in [4.78, 5) is 12.1. The number of rotatable bonds is 5. The first-order chi connectivity index (χ1) is 9.17. The molecule has 0 spiro atoms. The van der Waals surface area contributed by atoms with Crippen molar-refractivity contribution >= 4 is 21.6 Å². The molecule has 106 valence electrons. The van der Waals surface area contributed by atoms with Crippen molar-refractivity contribution in [3.05, 3.63) is 21.0 Å². The second-order valence-corrected chi connectivity index (χ2v) is 5.82. The number of nitrogens with zero attached hydrogens (tertiary/aromatic N) is 2. The monoisotopic (exact) mass is 329 g/mol. The Bertz CT molecular complexity index is 489. The number of aliphatic hydroxyl groups is 1. The van der Waals surface area contributed by atoms with Crippen LogP contribution in [0.3, 0.4) is 0 Å². The lowest BCUT2D eigenvalue weighted by Gasteiger charge is -2.20. The quantitative estimate of drug-likeness (QED) is 0.866. The van der Waals surface area contributed by atoms with E-state index in [0.717, 1.165) is 31.4 Å². The van der Waals surface area contributed by atoms with Gasteiger partial charge in [0.2, 0.25) is 0 Å². The Balaban J connectivity index is 2.17. The molecule has 2 N–H and O–H groups in total. The average Bonchev–Trinajstić information content (AvgIpc) is 2.86. The van der Waals surface area contributed by atoms with Gasteiger partial charge in [0, 0.05) is 25.1 Å². The average molecular weight is 330 g/mol. The van der Waals surface area contributed by atoms with Crippen LogP contribution in [0.2, 0.25) is 0 Å². The third-order valence-electron chi connectivity index (χ3n) is 3.65. The number of nitrogens with one attached hydrogen (secondary N) is 1. The normalized spacial score (nSPS) is 22.7. The van der Waals surface area contributed by atoms with Gasteiger partial charge in [-0.1, -0.05) is 13.3 Å². The van der Waals surface area contributed by atoms with E-state index in [-0.39, 0.29) is 24.1 Å². The summed E-state index contributed by atoms with van der Waals surface area (Å²) >= 11 is 3.35. The van der Waals surface area contributed by atoms with Crippen molar-refractivity contribution in [3.63, 3.8) is 0 Å².